The molecule has 5 nitrogen and oxygen atoms in total. The standard InChI is InChI=1S/C21H33FO5/c1-3-4-7-13(2)15(23)11-10-14-16(24)12-18-20(14)21(22)17(27-18)8-5-6-9-19(25)26/h5,8,10-11,13-18,20-21,23-24H,3-4,6-7,9,12H2,1-2H3,(H,25,26)/b8-5+,11-10+/t13?,14-,15-,16+,17?,18-,20+,21?/m0/s1. The van der Waals surface area contributed by atoms with Crippen molar-refractivity contribution in [3.05, 3.63) is 24.3 Å². The Balaban J connectivity index is 1.94. The number of unbranched alkanes of at least 4 members (excludes halogenated alkanes) is 1. The Kier molecular flexibility index (Phi) is 8.45. The summed E-state index contributed by atoms with van der Waals surface area (Å²) in [6, 6.07) is 0. The number of alkyl halides is 1. The van der Waals surface area contributed by atoms with Crippen molar-refractivity contribution in [2.24, 2.45) is 17.8 Å². The zero-order valence-corrected chi connectivity index (χ0v) is 16.2. The fourth-order valence-electron chi connectivity index (χ4n) is 4.09. The maximum Gasteiger partial charge on any atom is 0.303 e. The van der Waals surface area contributed by atoms with Crippen molar-refractivity contribution in [2.45, 2.75) is 83.0 Å². The first kappa shape index (κ1) is 22.1. The lowest BCUT2D eigenvalue weighted by Gasteiger charge is -2.21. The van der Waals surface area contributed by atoms with E-state index in [-0.39, 0.29) is 24.4 Å². The van der Waals surface area contributed by atoms with Crippen LogP contribution in [0.4, 0.5) is 4.39 Å². The average molecular weight is 384 g/mol. The van der Waals surface area contributed by atoms with E-state index in [4.69, 9.17) is 9.84 Å². The molecule has 0 aromatic heterocycles. The molecule has 27 heavy (non-hydrogen) atoms. The summed E-state index contributed by atoms with van der Waals surface area (Å²) in [6.45, 7) is 4.10. The number of ether oxygens (including phenoxy) is 1. The molecule has 1 heterocycles. The lowest BCUT2D eigenvalue weighted by Crippen LogP contribution is -2.28. The van der Waals surface area contributed by atoms with Gasteiger partial charge in [0.2, 0.25) is 0 Å². The molecule has 6 heteroatoms. The molecule has 0 amide bonds. The van der Waals surface area contributed by atoms with E-state index >= 15 is 0 Å². The highest BCUT2D eigenvalue weighted by molar-refractivity contribution is 5.66. The molecule has 0 aromatic carbocycles. The van der Waals surface area contributed by atoms with Gasteiger partial charge >= 0.3 is 5.97 Å². The van der Waals surface area contributed by atoms with Crippen LogP contribution in [-0.4, -0.2) is 51.9 Å². The minimum Gasteiger partial charge on any atom is -0.481 e. The molecule has 1 saturated carbocycles. The van der Waals surface area contributed by atoms with Gasteiger partial charge in [-0.15, -0.1) is 0 Å². The van der Waals surface area contributed by atoms with Crippen LogP contribution in [0.3, 0.4) is 0 Å². The van der Waals surface area contributed by atoms with Gasteiger partial charge < -0.3 is 20.1 Å². The van der Waals surface area contributed by atoms with Crippen molar-refractivity contribution in [1.29, 1.82) is 0 Å². The highest BCUT2D eigenvalue weighted by atomic mass is 19.1. The fraction of sp³-hybridized carbons (Fsp3) is 0.762. The van der Waals surface area contributed by atoms with Crippen LogP contribution in [0.2, 0.25) is 0 Å². The number of carboxylic acid groups (broad SMARTS) is 1. The van der Waals surface area contributed by atoms with E-state index < -0.39 is 36.4 Å². The molecule has 8 atom stereocenters. The minimum atomic E-state index is -1.25. The highest BCUT2D eigenvalue weighted by Crippen LogP contribution is 2.46. The smallest absolute Gasteiger partial charge is 0.303 e. The molecule has 0 spiro atoms. The SMILES string of the molecule is CCCCC(C)[C@@H](O)/C=C/[C@@H]1[C@H]2C(F)C(/C=C/CCC(=O)O)O[C@H]2C[C@H]1O. The molecule has 0 bridgehead atoms. The van der Waals surface area contributed by atoms with Crippen molar-refractivity contribution in [1.82, 2.24) is 0 Å². The third kappa shape index (κ3) is 5.87. The molecular weight excluding hydrogens is 351 g/mol. The van der Waals surface area contributed by atoms with E-state index in [1.165, 1.54) is 0 Å². The van der Waals surface area contributed by atoms with E-state index in [1.807, 2.05) is 6.92 Å². The van der Waals surface area contributed by atoms with E-state index in [0.29, 0.717) is 12.8 Å². The molecule has 0 aromatic rings. The lowest BCUT2D eigenvalue weighted by molar-refractivity contribution is -0.136. The highest BCUT2D eigenvalue weighted by Gasteiger charge is 2.54. The molecule has 2 rings (SSSR count). The maximum absolute atomic E-state index is 14.9. The Morgan fingerprint density at radius 2 is 2.11 bits per heavy atom. The molecule has 1 aliphatic carbocycles. The van der Waals surface area contributed by atoms with Crippen molar-refractivity contribution in [3.63, 3.8) is 0 Å². The minimum absolute atomic E-state index is 0.00517. The fourth-order valence-corrected chi connectivity index (χ4v) is 4.09. The van der Waals surface area contributed by atoms with Gasteiger partial charge in [-0.05, 0) is 18.8 Å². The van der Waals surface area contributed by atoms with Crippen LogP contribution in [0.5, 0.6) is 0 Å². The van der Waals surface area contributed by atoms with Gasteiger partial charge in [-0.2, -0.15) is 0 Å². The maximum atomic E-state index is 14.9. The molecule has 0 radical (unpaired) electrons. The van der Waals surface area contributed by atoms with Crippen LogP contribution in [0.15, 0.2) is 24.3 Å². The summed E-state index contributed by atoms with van der Waals surface area (Å²) in [5.41, 5.74) is 0. The molecule has 3 unspecified atom stereocenters. The zero-order valence-electron chi connectivity index (χ0n) is 16.2. The number of fused-ring (bicyclic) bond motifs is 1. The Morgan fingerprint density at radius 1 is 1.37 bits per heavy atom. The number of carboxylic acids is 1. The quantitative estimate of drug-likeness (QED) is 0.503. The first-order valence-electron chi connectivity index (χ1n) is 10.1. The van der Waals surface area contributed by atoms with Crippen LogP contribution in [-0.2, 0) is 9.53 Å². The number of carbonyl (C=O) groups is 1. The molecule has 1 aliphatic heterocycles. The molecule has 154 valence electrons. The first-order valence-corrected chi connectivity index (χ1v) is 10.1. The monoisotopic (exact) mass is 384 g/mol. The van der Waals surface area contributed by atoms with Crippen molar-refractivity contribution in [3.8, 4) is 0 Å². The summed E-state index contributed by atoms with van der Waals surface area (Å²) < 4.78 is 20.6. The summed E-state index contributed by atoms with van der Waals surface area (Å²) in [5, 5.41) is 29.2. The third-order valence-electron chi connectivity index (χ3n) is 5.78. The summed E-state index contributed by atoms with van der Waals surface area (Å²) >= 11 is 0. The molecule has 2 aliphatic rings. The van der Waals surface area contributed by atoms with E-state index in [0.717, 1.165) is 19.3 Å². The van der Waals surface area contributed by atoms with Gasteiger partial charge in [0, 0.05) is 24.7 Å². The molecule has 1 saturated heterocycles. The molecular formula is C21H33FO5. The Hall–Kier alpha value is -1.24. The zero-order chi connectivity index (χ0) is 20.0. The third-order valence-corrected chi connectivity index (χ3v) is 5.78. The van der Waals surface area contributed by atoms with E-state index in [1.54, 1.807) is 24.3 Å². The van der Waals surface area contributed by atoms with Crippen LogP contribution in [0.1, 0.15) is 52.4 Å². The largest absolute Gasteiger partial charge is 0.481 e. The lowest BCUT2D eigenvalue weighted by atomic mass is 9.87. The predicted octanol–water partition coefficient (Wildman–Crippen LogP) is 3.25. The van der Waals surface area contributed by atoms with Crippen LogP contribution < -0.4 is 0 Å². The van der Waals surface area contributed by atoms with Crippen molar-refractivity contribution < 1.29 is 29.2 Å². The van der Waals surface area contributed by atoms with Crippen molar-refractivity contribution in [2.75, 3.05) is 0 Å². The van der Waals surface area contributed by atoms with Gasteiger partial charge in [0.05, 0.1) is 18.3 Å². The second kappa shape index (κ2) is 10.3. The van der Waals surface area contributed by atoms with Gasteiger partial charge in [-0.1, -0.05) is 51.0 Å². The summed E-state index contributed by atoms with van der Waals surface area (Å²) in [4.78, 5) is 10.5. The Morgan fingerprint density at radius 3 is 2.78 bits per heavy atom. The number of rotatable bonds is 10. The number of hydrogen-bond acceptors (Lipinski definition) is 4. The van der Waals surface area contributed by atoms with E-state index in [9.17, 15) is 19.4 Å². The number of aliphatic carboxylic acids is 1. The number of aliphatic hydroxyl groups is 2. The predicted molar refractivity (Wildman–Crippen MR) is 101 cm³/mol. The van der Waals surface area contributed by atoms with Gasteiger partial charge in [-0.25, -0.2) is 4.39 Å². The first-order chi connectivity index (χ1) is 12.8. The number of aliphatic hydroxyl groups excluding tert-OH is 2. The van der Waals surface area contributed by atoms with E-state index in [2.05, 4.69) is 6.92 Å². The van der Waals surface area contributed by atoms with Crippen molar-refractivity contribution >= 4 is 5.97 Å². The second-order valence-electron chi connectivity index (χ2n) is 7.90. The summed E-state index contributed by atoms with van der Waals surface area (Å²) in [7, 11) is 0. The van der Waals surface area contributed by atoms with Gasteiger partial charge in [-0.3, -0.25) is 4.79 Å². The van der Waals surface area contributed by atoms with Crippen LogP contribution in [0, 0.1) is 17.8 Å². The number of halogens is 1. The summed E-state index contributed by atoms with van der Waals surface area (Å²) in [6.07, 6.45) is 6.89. The Labute approximate surface area is 160 Å². The van der Waals surface area contributed by atoms with Gasteiger partial charge in [0.25, 0.3) is 0 Å². The van der Waals surface area contributed by atoms with Crippen LogP contribution in [0.25, 0.3) is 0 Å². The average Bonchev–Trinajstić information content (AvgIpc) is 3.09. The van der Waals surface area contributed by atoms with Gasteiger partial charge in [0.15, 0.2) is 0 Å². The summed E-state index contributed by atoms with van der Waals surface area (Å²) in [5.74, 6) is -1.58. The number of allylic oxidation sites excluding steroid dienone is 1. The Bertz CT molecular complexity index is 535. The normalized spacial score (nSPS) is 35.7. The van der Waals surface area contributed by atoms with Gasteiger partial charge in [0.1, 0.15) is 12.3 Å². The second-order valence-corrected chi connectivity index (χ2v) is 7.90. The number of hydrogen-bond donors (Lipinski definition) is 3. The van der Waals surface area contributed by atoms with Crippen LogP contribution >= 0.6 is 0 Å². The topological polar surface area (TPSA) is 87.0 Å². The molecule has 2 fully saturated rings. The molecule has 3 N–H and O–H groups in total.